The summed E-state index contributed by atoms with van der Waals surface area (Å²) < 4.78 is 9.79. The molecule has 3 atom stereocenters. The van der Waals surface area contributed by atoms with Crippen molar-refractivity contribution in [3.05, 3.63) is 90.9 Å². The minimum atomic E-state index is -1.37. The molecule has 212 valence electrons. The van der Waals surface area contributed by atoms with Crippen LogP contribution in [-0.4, -0.2) is 61.0 Å². The van der Waals surface area contributed by atoms with E-state index in [2.05, 4.69) is 43.0 Å². The average Bonchev–Trinajstić information content (AvgIpc) is 3.85. The van der Waals surface area contributed by atoms with Crippen molar-refractivity contribution in [2.45, 2.75) is 35.3 Å². The summed E-state index contributed by atoms with van der Waals surface area (Å²) in [6.07, 6.45) is 10.0. The van der Waals surface area contributed by atoms with E-state index >= 15 is 0 Å². The summed E-state index contributed by atoms with van der Waals surface area (Å²) in [5, 5.41) is 4.37. The Morgan fingerprint density at radius 3 is 2.86 bits per heavy atom. The topological polar surface area (TPSA) is 120 Å². The van der Waals surface area contributed by atoms with Crippen LogP contribution < -0.4 is 9.26 Å². The predicted octanol–water partition coefficient (Wildman–Crippen LogP) is 4.42. The summed E-state index contributed by atoms with van der Waals surface area (Å²) >= 11 is -1.37. The SMILES string of the molecule is C=CC(=O)N1C[C@@H]2C[C@H]1CI2N[C@H]1CCc2cc(-n3c(-c4cccnc4N)nc4ccc(-n5cccn5)nc43)ccc21. The van der Waals surface area contributed by atoms with Gasteiger partial charge in [-0.3, -0.25) is 0 Å². The van der Waals surface area contributed by atoms with Crippen molar-refractivity contribution in [3.63, 3.8) is 0 Å². The Hall–Kier alpha value is -4.10. The number of nitrogens with one attached hydrogen (secondary N) is 1. The quantitative estimate of drug-likeness (QED) is 0.119. The molecular weight excluding hydrogens is 641 g/mol. The van der Waals surface area contributed by atoms with Crippen LogP contribution >= 0.6 is 20.1 Å². The van der Waals surface area contributed by atoms with E-state index in [9.17, 15) is 4.79 Å². The molecule has 42 heavy (non-hydrogen) atoms. The fourth-order valence-corrected chi connectivity index (χ4v) is 13.7. The molecule has 2 saturated heterocycles. The van der Waals surface area contributed by atoms with Gasteiger partial charge in [-0.15, -0.1) is 0 Å². The zero-order valence-electron chi connectivity index (χ0n) is 22.9. The summed E-state index contributed by atoms with van der Waals surface area (Å²) in [6.45, 7) is 4.58. The molecule has 3 aliphatic rings. The molecule has 2 bridgehead atoms. The third-order valence-electron chi connectivity index (χ3n) is 8.58. The number of halogens is 1. The van der Waals surface area contributed by atoms with Crippen LogP contribution in [0.15, 0.2) is 79.8 Å². The molecule has 3 N–H and O–H groups in total. The molecule has 1 aliphatic carbocycles. The number of aromatic nitrogens is 6. The maximum atomic E-state index is 12.2. The van der Waals surface area contributed by atoms with Crippen LogP contribution in [0.4, 0.5) is 5.82 Å². The molecule has 4 aromatic heterocycles. The molecule has 6 heterocycles. The fourth-order valence-electron chi connectivity index (χ4n) is 6.57. The molecule has 2 fully saturated rings. The number of benzene rings is 1. The first-order valence-electron chi connectivity index (χ1n) is 14.1. The molecule has 1 aromatic carbocycles. The van der Waals surface area contributed by atoms with Crippen LogP contribution in [0.5, 0.6) is 0 Å². The molecule has 0 unspecified atom stereocenters. The molecule has 1 amide bonds. The number of carbonyl (C=O) groups excluding carboxylic acids is 1. The van der Waals surface area contributed by atoms with Crippen LogP contribution in [0.2, 0.25) is 0 Å². The molecular formula is C31H30IN9O. The van der Waals surface area contributed by atoms with Crippen molar-refractivity contribution in [1.29, 1.82) is 0 Å². The number of fused-ring (bicyclic) bond motifs is 4. The number of hydrogen-bond acceptors (Lipinski definition) is 7. The van der Waals surface area contributed by atoms with E-state index in [1.165, 1.54) is 21.6 Å². The zero-order valence-corrected chi connectivity index (χ0v) is 25.1. The van der Waals surface area contributed by atoms with E-state index in [0.29, 0.717) is 27.7 Å². The fraction of sp³-hybridized carbons (Fsp3) is 0.258. The Morgan fingerprint density at radius 1 is 1.14 bits per heavy atom. The number of likely N-dealkylation sites (tertiary alicyclic amines) is 1. The first kappa shape index (κ1) is 25.6. The number of nitrogens with two attached hydrogens (primary N) is 1. The molecule has 0 spiro atoms. The third kappa shape index (κ3) is 4.13. The minimum absolute atomic E-state index is 0.0856. The summed E-state index contributed by atoms with van der Waals surface area (Å²) in [7, 11) is 0. The van der Waals surface area contributed by atoms with Crippen molar-refractivity contribution in [1.82, 2.24) is 37.7 Å². The molecule has 10 nitrogen and oxygen atoms in total. The van der Waals surface area contributed by atoms with Crippen molar-refractivity contribution in [2.75, 3.05) is 16.7 Å². The van der Waals surface area contributed by atoms with Gasteiger partial charge >= 0.3 is 239 Å². The molecule has 8 rings (SSSR count). The van der Waals surface area contributed by atoms with E-state index in [1.807, 2.05) is 41.4 Å². The number of carbonyl (C=O) groups is 1. The van der Waals surface area contributed by atoms with E-state index in [1.54, 1.807) is 17.1 Å². The maximum absolute atomic E-state index is 12.2. The summed E-state index contributed by atoms with van der Waals surface area (Å²) in [4.78, 5) is 28.6. The van der Waals surface area contributed by atoms with Gasteiger partial charge in [0.2, 0.25) is 0 Å². The number of hydrogen-bond donors (Lipinski definition) is 2. The number of alkyl halides is 2. The number of anilines is 1. The van der Waals surface area contributed by atoms with Gasteiger partial charge in [-0.05, 0) is 6.07 Å². The summed E-state index contributed by atoms with van der Waals surface area (Å²) in [5.41, 5.74) is 12.4. The first-order chi connectivity index (χ1) is 20.6. The van der Waals surface area contributed by atoms with Gasteiger partial charge in [-0.1, -0.05) is 0 Å². The Labute approximate surface area is 250 Å². The predicted molar refractivity (Wildman–Crippen MR) is 171 cm³/mol. The molecule has 0 radical (unpaired) electrons. The van der Waals surface area contributed by atoms with Gasteiger partial charge in [0.05, 0.1) is 0 Å². The van der Waals surface area contributed by atoms with Gasteiger partial charge < -0.3 is 0 Å². The second-order valence-corrected chi connectivity index (χ2v) is 16.5. The van der Waals surface area contributed by atoms with Crippen molar-refractivity contribution < 1.29 is 4.79 Å². The van der Waals surface area contributed by atoms with Gasteiger partial charge in [0.25, 0.3) is 0 Å². The van der Waals surface area contributed by atoms with E-state index in [0.717, 1.165) is 54.0 Å². The second-order valence-electron chi connectivity index (χ2n) is 11.0. The van der Waals surface area contributed by atoms with Crippen molar-refractivity contribution >= 4 is 43.0 Å². The summed E-state index contributed by atoms with van der Waals surface area (Å²) in [6, 6.07) is 17.1. The first-order valence-corrected chi connectivity index (χ1v) is 18.0. The molecule has 0 saturated carbocycles. The number of aryl methyl sites for hydroxylation is 1. The van der Waals surface area contributed by atoms with Crippen LogP contribution in [0, 0.1) is 0 Å². The summed E-state index contributed by atoms with van der Waals surface area (Å²) in [5.74, 6) is 1.94. The number of nitrogen functional groups attached to an aromatic ring is 1. The Morgan fingerprint density at radius 2 is 2.07 bits per heavy atom. The van der Waals surface area contributed by atoms with Crippen LogP contribution in [0.25, 0.3) is 34.1 Å². The van der Waals surface area contributed by atoms with Crippen LogP contribution in [0.1, 0.15) is 30.0 Å². The Bertz CT molecular complexity index is 1850. The number of imidazole rings is 1. The number of pyridine rings is 2. The van der Waals surface area contributed by atoms with Crippen molar-refractivity contribution in [3.8, 4) is 22.9 Å². The second kappa shape index (κ2) is 10.0. The number of nitrogens with zero attached hydrogens (tertiary/aromatic N) is 7. The standard InChI is InChI=1S/C31H30IN9O/c1-2-28(42)39-18-20-16-22(39)17-32(20)38-25-9-6-19-15-21(7-8-23(19)25)41-30(24-5-3-12-34-29(24)33)36-26-10-11-27(37-31(26)41)40-14-4-13-35-40/h2-5,7-8,10-15,20,22,25,38H,1,6,9,16-18H2,(H2,33,34)/t20-,22-,25-/m0/s1. The Kier molecular flexibility index (Phi) is 6.11. The Balaban J connectivity index is 1.15. The third-order valence-corrected chi connectivity index (χ3v) is 15.1. The number of rotatable bonds is 6. The zero-order chi connectivity index (χ0) is 28.4. The monoisotopic (exact) mass is 671 g/mol. The van der Waals surface area contributed by atoms with Crippen LogP contribution in [0.3, 0.4) is 0 Å². The molecule has 11 heteroatoms. The van der Waals surface area contributed by atoms with Gasteiger partial charge in [0.1, 0.15) is 0 Å². The van der Waals surface area contributed by atoms with Gasteiger partial charge in [0.15, 0.2) is 0 Å². The van der Waals surface area contributed by atoms with Gasteiger partial charge in [-0.25, -0.2) is 0 Å². The van der Waals surface area contributed by atoms with E-state index in [-0.39, 0.29) is 5.91 Å². The average molecular weight is 672 g/mol. The molecule has 2 aliphatic heterocycles. The van der Waals surface area contributed by atoms with Crippen molar-refractivity contribution in [2.24, 2.45) is 0 Å². The molecule has 5 aromatic rings. The van der Waals surface area contributed by atoms with E-state index in [4.69, 9.17) is 15.7 Å². The van der Waals surface area contributed by atoms with Gasteiger partial charge in [0, 0.05) is 6.20 Å². The van der Waals surface area contributed by atoms with Crippen LogP contribution in [-0.2, 0) is 11.2 Å². The van der Waals surface area contributed by atoms with E-state index < -0.39 is 20.1 Å². The van der Waals surface area contributed by atoms with Gasteiger partial charge in [-0.2, -0.15) is 0 Å². The normalized spacial score (nSPS) is 21.8. The number of amides is 1.